The van der Waals surface area contributed by atoms with Gasteiger partial charge in [0.05, 0.1) is 5.25 Å². The SMILES string of the molecule is C[C@@H](NC1CCCC(S(C)(=O)=O)C1)C1CCCC1. The van der Waals surface area contributed by atoms with Crippen LogP contribution in [0.15, 0.2) is 0 Å². The molecule has 3 nitrogen and oxygen atoms in total. The van der Waals surface area contributed by atoms with Gasteiger partial charge in [-0.3, -0.25) is 0 Å². The summed E-state index contributed by atoms with van der Waals surface area (Å²) < 4.78 is 23.3. The molecular weight excluding hydrogens is 246 g/mol. The first-order valence-corrected chi connectivity index (χ1v) is 9.37. The van der Waals surface area contributed by atoms with E-state index in [4.69, 9.17) is 0 Å². The van der Waals surface area contributed by atoms with E-state index in [0.29, 0.717) is 12.1 Å². The minimum atomic E-state index is -2.85. The fraction of sp³-hybridized carbons (Fsp3) is 1.00. The Morgan fingerprint density at radius 2 is 1.72 bits per heavy atom. The molecule has 2 aliphatic carbocycles. The van der Waals surface area contributed by atoms with Crippen LogP contribution in [-0.2, 0) is 9.84 Å². The summed E-state index contributed by atoms with van der Waals surface area (Å²) in [7, 11) is -2.85. The Labute approximate surface area is 112 Å². The Kier molecular flexibility index (Phi) is 4.70. The van der Waals surface area contributed by atoms with E-state index in [1.165, 1.54) is 31.9 Å². The Balaban J connectivity index is 1.85. The molecular formula is C14H27NO2S. The summed E-state index contributed by atoms with van der Waals surface area (Å²) >= 11 is 0. The third-order valence-electron chi connectivity index (χ3n) is 4.84. The standard InChI is InChI=1S/C14H27NO2S/c1-11(12-6-3-4-7-12)15-13-8-5-9-14(10-13)18(2,16)17/h11-15H,3-10H2,1-2H3/t11-,13?,14?/m1/s1. The number of rotatable bonds is 4. The second-order valence-corrected chi connectivity index (χ2v) is 8.64. The van der Waals surface area contributed by atoms with Gasteiger partial charge in [0.1, 0.15) is 9.84 Å². The summed E-state index contributed by atoms with van der Waals surface area (Å²) in [6.45, 7) is 2.28. The molecule has 0 heterocycles. The van der Waals surface area contributed by atoms with Crippen LogP contribution >= 0.6 is 0 Å². The quantitative estimate of drug-likeness (QED) is 0.856. The second kappa shape index (κ2) is 5.91. The number of hydrogen-bond donors (Lipinski definition) is 1. The Bertz CT molecular complexity index is 360. The molecule has 0 bridgehead atoms. The van der Waals surface area contributed by atoms with Crippen molar-refractivity contribution in [3.8, 4) is 0 Å². The van der Waals surface area contributed by atoms with Crippen LogP contribution in [0.3, 0.4) is 0 Å². The summed E-state index contributed by atoms with van der Waals surface area (Å²) in [6, 6.07) is 0.963. The third-order valence-corrected chi connectivity index (χ3v) is 6.48. The number of sulfone groups is 1. The Morgan fingerprint density at radius 3 is 2.33 bits per heavy atom. The van der Waals surface area contributed by atoms with Crippen LogP contribution in [0, 0.1) is 5.92 Å². The highest BCUT2D eigenvalue weighted by Crippen LogP contribution is 2.29. The van der Waals surface area contributed by atoms with E-state index in [1.54, 1.807) is 0 Å². The van der Waals surface area contributed by atoms with Crippen molar-refractivity contribution in [2.24, 2.45) is 5.92 Å². The number of hydrogen-bond acceptors (Lipinski definition) is 3. The maximum absolute atomic E-state index is 11.6. The molecule has 0 amide bonds. The van der Waals surface area contributed by atoms with Crippen molar-refractivity contribution >= 4 is 9.84 Å². The molecule has 0 aliphatic heterocycles. The van der Waals surface area contributed by atoms with Crippen LogP contribution in [0.25, 0.3) is 0 Å². The van der Waals surface area contributed by atoms with Gasteiger partial charge in [0.15, 0.2) is 0 Å². The van der Waals surface area contributed by atoms with Crippen molar-refractivity contribution in [1.82, 2.24) is 5.32 Å². The highest BCUT2D eigenvalue weighted by molar-refractivity contribution is 7.91. The van der Waals surface area contributed by atoms with Gasteiger partial charge in [-0.15, -0.1) is 0 Å². The van der Waals surface area contributed by atoms with Gasteiger partial charge in [0.25, 0.3) is 0 Å². The van der Waals surface area contributed by atoms with Gasteiger partial charge in [-0.25, -0.2) is 8.42 Å². The van der Waals surface area contributed by atoms with Crippen molar-refractivity contribution < 1.29 is 8.42 Å². The molecule has 2 fully saturated rings. The minimum Gasteiger partial charge on any atom is -0.311 e. The molecule has 18 heavy (non-hydrogen) atoms. The van der Waals surface area contributed by atoms with Gasteiger partial charge in [-0.1, -0.05) is 19.3 Å². The fourth-order valence-corrected chi connectivity index (χ4v) is 4.83. The molecule has 0 aromatic rings. The highest BCUT2D eigenvalue weighted by atomic mass is 32.2. The van der Waals surface area contributed by atoms with E-state index in [-0.39, 0.29) is 5.25 Å². The van der Waals surface area contributed by atoms with Crippen LogP contribution in [-0.4, -0.2) is 32.0 Å². The molecule has 3 atom stereocenters. The second-order valence-electron chi connectivity index (χ2n) is 6.31. The molecule has 4 heteroatoms. The van der Waals surface area contributed by atoms with Crippen LogP contribution in [0.1, 0.15) is 58.3 Å². The molecule has 2 rings (SSSR count). The maximum Gasteiger partial charge on any atom is 0.150 e. The molecule has 0 spiro atoms. The first kappa shape index (κ1) is 14.3. The van der Waals surface area contributed by atoms with Crippen molar-refractivity contribution in [2.45, 2.75) is 75.6 Å². The zero-order valence-electron chi connectivity index (χ0n) is 11.7. The summed E-state index contributed by atoms with van der Waals surface area (Å²) in [5.41, 5.74) is 0. The first-order valence-electron chi connectivity index (χ1n) is 7.41. The van der Waals surface area contributed by atoms with Crippen LogP contribution < -0.4 is 5.32 Å². The summed E-state index contributed by atoms with van der Waals surface area (Å²) in [6.07, 6.45) is 10.7. The van der Waals surface area contributed by atoms with E-state index in [0.717, 1.165) is 31.6 Å². The van der Waals surface area contributed by atoms with Gasteiger partial charge in [-0.2, -0.15) is 0 Å². The average Bonchev–Trinajstić information content (AvgIpc) is 2.81. The highest BCUT2D eigenvalue weighted by Gasteiger charge is 2.31. The van der Waals surface area contributed by atoms with Crippen molar-refractivity contribution in [3.05, 3.63) is 0 Å². The molecule has 2 aliphatic rings. The van der Waals surface area contributed by atoms with Gasteiger partial charge in [0, 0.05) is 18.3 Å². The smallest absolute Gasteiger partial charge is 0.150 e. The van der Waals surface area contributed by atoms with E-state index in [1.807, 2.05) is 0 Å². The fourth-order valence-electron chi connectivity index (χ4n) is 3.65. The monoisotopic (exact) mass is 273 g/mol. The normalized spacial score (nSPS) is 32.6. The molecule has 106 valence electrons. The molecule has 0 radical (unpaired) electrons. The lowest BCUT2D eigenvalue weighted by Gasteiger charge is -2.32. The largest absolute Gasteiger partial charge is 0.311 e. The lowest BCUT2D eigenvalue weighted by Crippen LogP contribution is -2.45. The van der Waals surface area contributed by atoms with Crippen molar-refractivity contribution in [1.29, 1.82) is 0 Å². The lowest BCUT2D eigenvalue weighted by molar-refractivity contribution is 0.293. The van der Waals surface area contributed by atoms with E-state index < -0.39 is 9.84 Å². The Morgan fingerprint density at radius 1 is 1.06 bits per heavy atom. The molecule has 0 aromatic heterocycles. The van der Waals surface area contributed by atoms with Gasteiger partial charge < -0.3 is 5.32 Å². The van der Waals surface area contributed by atoms with Gasteiger partial charge >= 0.3 is 0 Å². The predicted molar refractivity (Wildman–Crippen MR) is 75.4 cm³/mol. The summed E-state index contributed by atoms with van der Waals surface area (Å²) in [5.74, 6) is 0.809. The molecule has 2 saturated carbocycles. The molecule has 0 aromatic carbocycles. The van der Waals surface area contributed by atoms with Gasteiger partial charge in [0.2, 0.25) is 0 Å². The van der Waals surface area contributed by atoms with Crippen LogP contribution in [0.4, 0.5) is 0 Å². The minimum absolute atomic E-state index is 0.112. The maximum atomic E-state index is 11.6. The summed E-state index contributed by atoms with van der Waals surface area (Å²) in [5, 5.41) is 3.59. The molecule has 1 N–H and O–H groups in total. The number of nitrogens with one attached hydrogen (secondary N) is 1. The Hall–Kier alpha value is -0.0900. The third kappa shape index (κ3) is 3.70. The zero-order valence-corrected chi connectivity index (χ0v) is 12.5. The summed E-state index contributed by atoms with van der Waals surface area (Å²) in [4.78, 5) is 0. The lowest BCUT2D eigenvalue weighted by atomic mass is 9.92. The van der Waals surface area contributed by atoms with E-state index in [9.17, 15) is 8.42 Å². The molecule has 0 saturated heterocycles. The van der Waals surface area contributed by atoms with Crippen molar-refractivity contribution in [3.63, 3.8) is 0 Å². The zero-order chi connectivity index (χ0) is 13.2. The van der Waals surface area contributed by atoms with Crippen LogP contribution in [0.5, 0.6) is 0 Å². The van der Waals surface area contributed by atoms with E-state index >= 15 is 0 Å². The van der Waals surface area contributed by atoms with Gasteiger partial charge in [-0.05, 0) is 44.9 Å². The predicted octanol–water partition coefficient (Wildman–Crippen LogP) is 2.51. The topological polar surface area (TPSA) is 46.2 Å². The molecule has 2 unspecified atom stereocenters. The first-order chi connectivity index (χ1) is 8.47. The average molecular weight is 273 g/mol. The van der Waals surface area contributed by atoms with Crippen molar-refractivity contribution in [2.75, 3.05) is 6.26 Å². The van der Waals surface area contributed by atoms with E-state index in [2.05, 4.69) is 12.2 Å². The van der Waals surface area contributed by atoms with Crippen LogP contribution in [0.2, 0.25) is 0 Å².